The molecule has 0 spiro atoms. The van der Waals surface area contributed by atoms with Crippen LogP contribution in [0.5, 0.6) is 11.5 Å². The van der Waals surface area contributed by atoms with Gasteiger partial charge in [-0.15, -0.1) is 0 Å². The number of ether oxygens (including phenoxy) is 5. The Bertz CT molecular complexity index is 675. The third-order valence-electron chi connectivity index (χ3n) is 4.24. The number of esters is 2. The van der Waals surface area contributed by atoms with Gasteiger partial charge < -0.3 is 23.7 Å². The van der Waals surface area contributed by atoms with Crippen LogP contribution in [0.15, 0.2) is 23.8 Å². The molecule has 1 aliphatic rings. The largest absolute Gasteiger partial charge is 0.493 e. The minimum Gasteiger partial charge on any atom is -0.493 e. The van der Waals surface area contributed by atoms with Gasteiger partial charge in [0.2, 0.25) is 0 Å². The maximum absolute atomic E-state index is 12.0. The summed E-state index contributed by atoms with van der Waals surface area (Å²) in [5, 5.41) is 0. The highest BCUT2D eigenvalue weighted by Gasteiger charge is 2.19. The van der Waals surface area contributed by atoms with Gasteiger partial charge >= 0.3 is 11.9 Å². The summed E-state index contributed by atoms with van der Waals surface area (Å²) in [4.78, 5) is 23.8. The van der Waals surface area contributed by atoms with Gasteiger partial charge in [-0.3, -0.25) is 4.79 Å². The molecule has 0 radical (unpaired) electrons. The Morgan fingerprint density at radius 2 is 1.85 bits per heavy atom. The van der Waals surface area contributed by atoms with Crippen molar-refractivity contribution in [1.82, 2.24) is 0 Å². The van der Waals surface area contributed by atoms with Crippen molar-refractivity contribution < 1.29 is 33.3 Å². The molecule has 1 saturated carbocycles. The first kappa shape index (κ1) is 20.8. The molecule has 0 aromatic heterocycles. The first-order valence-electron chi connectivity index (χ1n) is 8.85. The zero-order valence-electron chi connectivity index (χ0n) is 16.0. The van der Waals surface area contributed by atoms with E-state index in [-0.39, 0.29) is 24.9 Å². The number of benzene rings is 1. The molecule has 7 nitrogen and oxygen atoms in total. The summed E-state index contributed by atoms with van der Waals surface area (Å²) in [5.74, 6) is 0.0544. The second-order valence-electron chi connectivity index (χ2n) is 6.20. The van der Waals surface area contributed by atoms with E-state index in [0.717, 1.165) is 12.8 Å². The van der Waals surface area contributed by atoms with E-state index in [4.69, 9.17) is 18.9 Å². The summed E-state index contributed by atoms with van der Waals surface area (Å²) in [7, 11) is 4.23. The Morgan fingerprint density at radius 1 is 1.11 bits per heavy atom. The van der Waals surface area contributed by atoms with E-state index in [0.29, 0.717) is 17.1 Å². The van der Waals surface area contributed by atoms with Gasteiger partial charge in [-0.25, -0.2) is 4.79 Å². The SMILES string of the molecule is COCOC(=O)C/C(=C\c1ccc(OC2CCCC2)c(OC)c1)C(=O)OC. The van der Waals surface area contributed by atoms with Crippen LogP contribution in [0.25, 0.3) is 6.08 Å². The lowest BCUT2D eigenvalue weighted by Crippen LogP contribution is -2.13. The average Bonchev–Trinajstić information content (AvgIpc) is 3.19. The number of hydrogen-bond acceptors (Lipinski definition) is 7. The maximum Gasteiger partial charge on any atom is 0.334 e. The first-order valence-corrected chi connectivity index (χ1v) is 8.85. The first-order chi connectivity index (χ1) is 13.1. The molecule has 148 valence electrons. The van der Waals surface area contributed by atoms with E-state index in [1.54, 1.807) is 31.4 Å². The van der Waals surface area contributed by atoms with Crippen LogP contribution in [0.2, 0.25) is 0 Å². The summed E-state index contributed by atoms with van der Waals surface area (Å²) in [6, 6.07) is 5.37. The maximum atomic E-state index is 12.0. The second-order valence-corrected chi connectivity index (χ2v) is 6.20. The zero-order valence-corrected chi connectivity index (χ0v) is 16.0. The number of hydrogen-bond donors (Lipinski definition) is 0. The third kappa shape index (κ3) is 6.29. The molecule has 0 heterocycles. The predicted octanol–water partition coefficient (Wildman–Crippen LogP) is 3.11. The van der Waals surface area contributed by atoms with Crippen LogP contribution >= 0.6 is 0 Å². The van der Waals surface area contributed by atoms with Gasteiger partial charge in [-0.1, -0.05) is 6.07 Å². The van der Waals surface area contributed by atoms with Crippen LogP contribution in [0.1, 0.15) is 37.7 Å². The van der Waals surface area contributed by atoms with Crippen molar-refractivity contribution in [3.05, 3.63) is 29.3 Å². The standard InChI is InChI=1S/C20H26O7/c1-23-13-26-19(21)12-15(20(22)25-3)10-14-8-9-17(18(11-14)24-2)27-16-6-4-5-7-16/h8-11,16H,4-7,12-13H2,1-3H3/b15-10+. The molecule has 2 rings (SSSR count). The van der Waals surface area contributed by atoms with Crippen LogP contribution in [-0.2, 0) is 23.8 Å². The average molecular weight is 378 g/mol. The number of rotatable bonds is 9. The topological polar surface area (TPSA) is 80.3 Å². The Morgan fingerprint density at radius 3 is 2.48 bits per heavy atom. The predicted molar refractivity (Wildman–Crippen MR) is 98.5 cm³/mol. The fraction of sp³-hybridized carbons (Fsp3) is 0.500. The number of carbonyl (C=O) groups excluding carboxylic acids is 2. The molecule has 1 aromatic carbocycles. The van der Waals surface area contributed by atoms with Crippen molar-refractivity contribution in [1.29, 1.82) is 0 Å². The zero-order chi connectivity index (χ0) is 19.6. The van der Waals surface area contributed by atoms with Crippen molar-refractivity contribution in [3.63, 3.8) is 0 Å². The summed E-state index contributed by atoms with van der Waals surface area (Å²) >= 11 is 0. The smallest absolute Gasteiger partial charge is 0.334 e. The monoisotopic (exact) mass is 378 g/mol. The lowest BCUT2D eigenvalue weighted by molar-refractivity contribution is -0.154. The molecule has 1 aliphatic carbocycles. The van der Waals surface area contributed by atoms with E-state index in [1.165, 1.54) is 27.1 Å². The molecule has 1 aromatic rings. The van der Waals surface area contributed by atoms with Crippen molar-refractivity contribution in [2.75, 3.05) is 28.1 Å². The molecule has 0 atom stereocenters. The van der Waals surface area contributed by atoms with E-state index in [1.807, 2.05) is 0 Å². The Labute approximate surface area is 159 Å². The minimum atomic E-state index is -0.602. The minimum absolute atomic E-state index is 0.171. The molecule has 0 N–H and O–H groups in total. The van der Waals surface area contributed by atoms with Crippen LogP contribution in [0.4, 0.5) is 0 Å². The normalized spacial score (nSPS) is 14.7. The lowest BCUT2D eigenvalue weighted by Gasteiger charge is -2.16. The van der Waals surface area contributed by atoms with Crippen molar-refractivity contribution in [3.8, 4) is 11.5 Å². The molecule has 7 heteroatoms. The summed E-state index contributed by atoms with van der Waals surface area (Å²) in [6.45, 7) is -0.172. The summed E-state index contributed by atoms with van der Waals surface area (Å²) in [6.07, 6.45) is 5.99. The van der Waals surface area contributed by atoms with Gasteiger partial charge in [0.1, 0.15) is 0 Å². The van der Waals surface area contributed by atoms with Gasteiger partial charge in [0.05, 0.1) is 26.7 Å². The van der Waals surface area contributed by atoms with Gasteiger partial charge in [0, 0.05) is 12.7 Å². The van der Waals surface area contributed by atoms with Crippen molar-refractivity contribution in [2.24, 2.45) is 0 Å². The number of carbonyl (C=O) groups is 2. The molecule has 0 aliphatic heterocycles. The van der Waals surface area contributed by atoms with Gasteiger partial charge in [-0.05, 0) is 49.5 Å². The van der Waals surface area contributed by atoms with Crippen LogP contribution in [-0.4, -0.2) is 46.2 Å². The van der Waals surface area contributed by atoms with Crippen LogP contribution in [0.3, 0.4) is 0 Å². The quantitative estimate of drug-likeness (QED) is 0.371. The Balaban J connectivity index is 2.18. The van der Waals surface area contributed by atoms with Crippen LogP contribution in [0, 0.1) is 0 Å². The summed E-state index contributed by atoms with van der Waals surface area (Å²) in [5.41, 5.74) is 0.857. The molecule has 27 heavy (non-hydrogen) atoms. The highest BCUT2D eigenvalue weighted by Crippen LogP contribution is 2.33. The van der Waals surface area contributed by atoms with E-state index < -0.39 is 11.9 Å². The fourth-order valence-corrected chi connectivity index (χ4v) is 2.90. The molecule has 0 amide bonds. The van der Waals surface area contributed by atoms with Gasteiger partial charge in [-0.2, -0.15) is 0 Å². The van der Waals surface area contributed by atoms with Crippen molar-refractivity contribution in [2.45, 2.75) is 38.2 Å². The third-order valence-corrected chi connectivity index (χ3v) is 4.24. The van der Waals surface area contributed by atoms with Gasteiger partial charge in [0.25, 0.3) is 0 Å². The van der Waals surface area contributed by atoms with Crippen LogP contribution < -0.4 is 9.47 Å². The Kier molecular flexibility index (Phi) is 8.13. The molecule has 1 fully saturated rings. The molecular formula is C20H26O7. The van der Waals surface area contributed by atoms with Gasteiger partial charge in [0.15, 0.2) is 18.3 Å². The highest BCUT2D eigenvalue weighted by molar-refractivity contribution is 5.98. The molecule has 0 saturated heterocycles. The number of methoxy groups -OCH3 is 3. The van der Waals surface area contributed by atoms with E-state index >= 15 is 0 Å². The summed E-state index contributed by atoms with van der Waals surface area (Å²) < 4.78 is 25.7. The van der Waals surface area contributed by atoms with E-state index in [2.05, 4.69) is 4.74 Å². The molecule has 0 unspecified atom stereocenters. The fourth-order valence-electron chi connectivity index (χ4n) is 2.90. The highest BCUT2D eigenvalue weighted by atomic mass is 16.7. The van der Waals surface area contributed by atoms with E-state index in [9.17, 15) is 9.59 Å². The molecular weight excluding hydrogens is 352 g/mol. The Hall–Kier alpha value is -2.54. The molecule has 0 bridgehead atoms. The lowest BCUT2D eigenvalue weighted by atomic mass is 10.1. The second kappa shape index (κ2) is 10.6. The van der Waals surface area contributed by atoms with Crippen molar-refractivity contribution >= 4 is 18.0 Å².